The maximum absolute atomic E-state index is 10.6. The summed E-state index contributed by atoms with van der Waals surface area (Å²) in [5.74, 6) is -1.88. The summed E-state index contributed by atoms with van der Waals surface area (Å²) < 4.78 is 33.7. The Bertz CT molecular complexity index is 1080. The lowest BCUT2D eigenvalue weighted by Gasteiger charge is -2.26. The number of fused-ring (bicyclic) bond motifs is 1. The van der Waals surface area contributed by atoms with Gasteiger partial charge in [-0.2, -0.15) is 13.2 Å². The number of alkyl halides is 3. The molecular weight excluding hydrogens is 458 g/mol. The molecule has 1 fully saturated rings. The Hall–Kier alpha value is -2.56. The summed E-state index contributed by atoms with van der Waals surface area (Å²) in [6.07, 6.45) is 2.55. The zero-order valence-corrected chi connectivity index (χ0v) is 17.5. The van der Waals surface area contributed by atoms with Gasteiger partial charge in [-0.05, 0) is 25.0 Å². The van der Waals surface area contributed by atoms with Gasteiger partial charge in [0.2, 0.25) is 0 Å². The Labute approximate surface area is 185 Å². The van der Waals surface area contributed by atoms with Crippen LogP contribution in [-0.2, 0) is 4.79 Å². The monoisotopic (exact) mass is 475 g/mol. The largest absolute Gasteiger partial charge is 0.490 e. The molecule has 3 N–H and O–H groups in total. The highest BCUT2D eigenvalue weighted by Gasteiger charge is 2.38. The molecule has 1 aliphatic heterocycles. The molecule has 31 heavy (non-hydrogen) atoms. The molecule has 0 saturated carbocycles. The number of imidazole rings is 1. The van der Waals surface area contributed by atoms with E-state index in [1.165, 1.54) is 0 Å². The number of aromatic nitrogens is 3. The zero-order valence-electron chi connectivity index (χ0n) is 16.0. The van der Waals surface area contributed by atoms with Crippen molar-refractivity contribution in [1.82, 2.24) is 14.5 Å². The first-order valence-electron chi connectivity index (χ1n) is 9.17. The van der Waals surface area contributed by atoms with Gasteiger partial charge in [0.05, 0.1) is 27.6 Å². The number of hydrogen-bond acceptors (Lipinski definition) is 5. The lowest BCUT2D eigenvalue weighted by Crippen LogP contribution is -2.36. The molecule has 0 radical (unpaired) electrons. The molecule has 7 nitrogen and oxygen atoms in total. The van der Waals surface area contributed by atoms with Gasteiger partial charge in [0.1, 0.15) is 5.82 Å². The molecule has 1 aromatic carbocycles. The molecule has 1 saturated heterocycles. The van der Waals surface area contributed by atoms with Gasteiger partial charge in [-0.1, -0.05) is 23.2 Å². The van der Waals surface area contributed by atoms with E-state index in [9.17, 15) is 13.2 Å². The van der Waals surface area contributed by atoms with E-state index in [0.29, 0.717) is 28.1 Å². The maximum Gasteiger partial charge on any atom is 0.490 e. The van der Waals surface area contributed by atoms with Crippen LogP contribution in [0.4, 0.5) is 19.0 Å². The Morgan fingerprint density at radius 1 is 1.32 bits per heavy atom. The molecule has 0 amide bonds. The average Bonchev–Trinajstić information content (AvgIpc) is 3.41. The number of rotatable bonds is 3. The number of carboxylic acid groups (broad SMARTS) is 1. The second kappa shape index (κ2) is 9.29. The highest BCUT2D eigenvalue weighted by atomic mass is 35.5. The van der Waals surface area contributed by atoms with E-state index >= 15 is 0 Å². The Morgan fingerprint density at radius 3 is 2.61 bits per heavy atom. The van der Waals surface area contributed by atoms with Crippen LogP contribution >= 0.6 is 23.2 Å². The zero-order chi connectivity index (χ0) is 22.8. The van der Waals surface area contributed by atoms with Crippen LogP contribution in [0, 0.1) is 0 Å². The second-order valence-electron chi connectivity index (χ2n) is 6.76. The first-order valence-corrected chi connectivity index (χ1v) is 9.93. The van der Waals surface area contributed by atoms with Crippen molar-refractivity contribution in [3.8, 4) is 5.69 Å². The van der Waals surface area contributed by atoms with E-state index < -0.39 is 12.1 Å². The number of halogens is 5. The van der Waals surface area contributed by atoms with Crippen LogP contribution in [0.15, 0.2) is 36.9 Å². The van der Waals surface area contributed by atoms with Crippen molar-refractivity contribution in [2.45, 2.75) is 25.1 Å². The Morgan fingerprint density at radius 2 is 2.03 bits per heavy atom. The van der Waals surface area contributed by atoms with E-state index in [-0.39, 0.29) is 0 Å². The van der Waals surface area contributed by atoms with Crippen molar-refractivity contribution in [3.63, 3.8) is 0 Å². The summed E-state index contributed by atoms with van der Waals surface area (Å²) >= 11 is 12.7. The third kappa shape index (κ3) is 5.03. The molecule has 4 rings (SSSR count). The van der Waals surface area contributed by atoms with E-state index in [1.807, 2.05) is 16.8 Å². The van der Waals surface area contributed by atoms with Crippen LogP contribution in [0.1, 0.15) is 12.8 Å². The van der Waals surface area contributed by atoms with E-state index in [1.54, 1.807) is 18.6 Å². The highest BCUT2D eigenvalue weighted by molar-refractivity contribution is 6.45. The highest BCUT2D eigenvalue weighted by Crippen LogP contribution is 2.36. The van der Waals surface area contributed by atoms with Crippen LogP contribution in [0.3, 0.4) is 0 Å². The molecule has 0 spiro atoms. The minimum atomic E-state index is -5.08. The molecule has 0 aliphatic carbocycles. The topological polar surface area (TPSA) is 97.3 Å². The smallest absolute Gasteiger partial charge is 0.475 e. The van der Waals surface area contributed by atoms with Crippen molar-refractivity contribution in [3.05, 3.63) is 47.0 Å². The predicted octanol–water partition coefficient (Wildman–Crippen LogP) is 4.29. The lowest BCUT2D eigenvalue weighted by molar-refractivity contribution is -0.192. The van der Waals surface area contributed by atoms with Gasteiger partial charge in [-0.15, -0.1) is 0 Å². The number of hydrogen-bond donors (Lipinski definition) is 2. The van der Waals surface area contributed by atoms with Crippen molar-refractivity contribution in [2.75, 3.05) is 18.0 Å². The first-order chi connectivity index (χ1) is 14.6. The quantitative estimate of drug-likeness (QED) is 0.586. The maximum atomic E-state index is 10.6. The minimum absolute atomic E-state index is 0.309. The summed E-state index contributed by atoms with van der Waals surface area (Å²) in [4.78, 5) is 20.1. The van der Waals surface area contributed by atoms with Gasteiger partial charge in [-0.25, -0.2) is 14.8 Å². The number of pyridine rings is 1. The van der Waals surface area contributed by atoms with E-state index in [2.05, 4.69) is 16.0 Å². The van der Waals surface area contributed by atoms with Crippen LogP contribution in [0.25, 0.3) is 16.6 Å². The van der Waals surface area contributed by atoms with Crippen molar-refractivity contribution >= 4 is 45.9 Å². The molecule has 166 valence electrons. The van der Waals surface area contributed by atoms with Crippen LogP contribution < -0.4 is 10.6 Å². The number of carbonyl (C=O) groups is 1. The second-order valence-corrected chi connectivity index (χ2v) is 7.54. The SMILES string of the molecule is NCC1CCCN1c1cc(-n2ccnc2)c2ccc(Cl)c(Cl)c2n1.O=C(O)C(F)(F)F. The fourth-order valence-electron chi connectivity index (χ4n) is 3.35. The van der Waals surface area contributed by atoms with Crippen LogP contribution in [0.2, 0.25) is 10.0 Å². The van der Waals surface area contributed by atoms with Crippen LogP contribution in [-0.4, -0.2) is 50.9 Å². The minimum Gasteiger partial charge on any atom is -0.475 e. The standard InChI is InChI=1S/C17H17Cl2N5.C2HF3O2/c18-13-4-3-12-14(23-7-5-21-10-23)8-15(22-17(12)16(13)19)24-6-1-2-11(24)9-20;3-2(4,5)1(6)7/h3-5,7-8,10-11H,1-2,6,9,20H2;(H,6,7). The number of nitrogens with zero attached hydrogens (tertiary/aromatic N) is 4. The molecule has 3 aromatic rings. The third-order valence-corrected chi connectivity index (χ3v) is 5.60. The summed E-state index contributed by atoms with van der Waals surface area (Å²) in [6, 6.07) is 6.12. The number of carboxylic acids is 1. The van der Waals surface area contributed by atoms with Crippen molar-refractivity contribution in [2.24, 2.45) is 5.73 Å². The van der Waals surface area contributed by atoms with Gasteiger partial charge >= 0.3 is 12.1 Å². The van der Waals surface area contributed by atoms with E-state index in [4.69, 9.17) is 43.8 Å². The lowest BCUT2D eigenvalue weighted by atomic mass is 10.1. The van der Waals surface area contributed by atoms with Gasteiger partial charge < -0.3 is 20.3 Å². The molecule has 1 aliphatic rings. The summed E-state index contributed by atoms with van der Waals surface area (Å²) in [6.45, 7) is 1.56. The fraction of sp³-hybridized carbons (Fsp3) is 0.316. The molecular formula is C19H18Cl2F3N5O2. The molecule has 1 atom stereocenters. The first kappa shape index (κ1) is 23.1. The normalized spacial score (nSPS) is 16.3. The summed E-state index contributed by atoms with van der Waals surface area (Å²) in [5.41, 5.74) is 7.61. The number of aliphatic carboxylic acids is 1. The van der Waals surface area contributed by atoms with Gasteiger partial charge in [0.25, 0.3) is 0 Å². The summed E-state index contributed by atoms with van der Waals surface area (Å²) in [5, 5.41) is 9.04. The predicted molar refractivity (Wildman–Crippen MR) is 112 cm³/mol. The Balaban J connectivity index is 0.000000339. The summed E-state index contributed by atoms with van der Waals surface area (Å²) in [7, 11) is 0. The number of nitrogens with two attached hydrogens (primary N) is 1. The van der Waals surface area contributed by atoms with Crippen molar-refractivity contribution < 1.29 is 23.1 Å². The molecule has 2 aromatic heterocycles. The van der Waals surface area contributed by atoms with Gasteiger partial charge in [0.15, 0.2) is 0 Å². The fourth-order valence-corrected chi connectivity index (χ4v) is 3.71. The van der Waals surface area contributed by atoms with Gasteiger partial charge in [0, 0.05) is 43.0 Å². The molecule has 0 bridgehead atoms. The molecule has 12 heteroatoms. The van der Waals surface area contributed by atoms with E-state index in [0.717, 1.165) is 36.3 Å². The molecule has 1 unspecified atom stereocenters. The average molecular weight is 476 g/mol. The Kier molecular flexibility index (Phi) is 6.93. The van der Waals surface area contributed by atoms with Crippen molar-refractivity contribution in [1.29, 1.82) is 0 Å². The third-order valence-electron chi connectivity index (χ3n) is 4.81. The van der Waals surface area contributed by atoms with Crippen LogP contribution in [0.5, 0.6) is 0 Å². The van der Waals surface area contributed by atoms with Gasteiger partial charge in [-0.3, -0.25) is 0 Å². The molecule has 3 heterocycles. The number of anilines is 1. The number of benzene rings is 1.